The number of aromatic nitrogens is 2. The van der Waals surface area contributed by atoms with Crippen molar-refractivity contribution in [1.82, 2.24) is 15.1 Å². The van der Waals surface area contributed by atoms with Crippen molar-refractivity contribution in [2.24, 2.45) is 0 Å². The fraction of sp³-hybridized carbons (Fsp3) is 0.471. The highest BCUT2D eigenvalue weighted by molar-refractivity contribution is 6.31. The summed E-state index contributed by atoms with van der Waals surface area (Å²) in [5.41, 5.74) is 1.41. The lowest BCUT2D eigenvalue weighted by molar-refractivity contribution is -0.150. The molecule has 1 atom stereocenters. The van der Waals surface area contributed by atoms with Gasteiger partial charge in [0.1, 0.15) is 5.15 Å². The number of aryl methyl sites for hydroxylation is 2. The largest absolute Gasteiger partial charge is 0.449 e. The molecule has 1 rings (SSSR count). The molecule has 6 nitrogen and oxygen atoms in total. The van der Waals surface area contributed by atoms with E-state index in [9.17, 15) is 9.59 Å². The molecule has 0 unspecified atom stereocenters. The third-order valence-electron chi connectivity index (χ3n) is 3.30. The molecule has 1 aromatic rings. The highest BCUT2D eigenvalue weighted by Gasteiger charge is 2.16. The van der Waals surface area contributed by atoms with Crippen molar-refractivity contribution in [3.63, 3.8) is 0 Å². The summed E-state index contributed by atoms with van der Waals surface area (Å²) < 4.78 is 6.76. The normalized spacial score (nSPS) is 12.2. The van der Waals surface area contributed by atoms with Gasteiger partial charge in [0.15, 0.2) is 6.10 Å². The van der Waals surface area contributed by atoms with Gasteiger partial charge in [0.25, 0.3) is 5.91 Å². The first kappa shape index (κ1) is 20.0. The quantitative estimate of drug-likeness (QED) is 0.421. The molecule has 24 heavy (non-hydrogen) atoms. The first-order chi connectivity index (χ1) is 11.4. The second kappa shape index (κ2) is 9.93. The van der Waals surface area contributed by atoms with Crippen LogP contribution in [0.4, 0.5) is 0 Å². The lowest BCUT2D eigenvalue weighted by Crippen LogP contribution is -2.35. The second-order valence-corrected chi connectivity index (χ2v) is 5.67. The zero-order chi connectivity index (χ0) is 18.1. The van der Waals surface area contributed by atoms with Gasteiger partial charge in [-0.05, 0) is 26.3 Å². The number of nitrogens with zero attached hydrogens (tertiary/aromatic N) is 2. The topological polar surface area (TPSA) is 73.2 Å². The number of nitrogens with one attached hydrogen (secondary N) is 1. The Morgan fingerprint density at radius 1 is 1.50 bits per heavy atom. The predicted molar refractivity (Wildman–Crippen MR) is 94.7 cm³/mol. The summed E-state index contributed by atoms with van der Waals surface area (Å²) in [4.78, 5) is 23.5. The van der Waals surface area contributed by atoms with Crippen molar-refractivity contribution >= 4 is 29.6 Å². The maximum absolute atomic E-state index is 11.8. The van der Waals surface area contributed by atoms with Gasteiger partial charge in [0, 0.05) is 24.7 Å². The van der Waals surface area contributed by atoms with Crippen LogP contribution in [0.25, 0.3) is 6.08 Å². The van der Waals surface area contributed by atoms with Gasteiger partial charge >= 0.3 is 5.97 Å². The Labute approximate surface area is 147 Å². The van der Waals surface area contributed by atoms with E-state index in [1.165, 1.54) is 13.0 Å². The highest BCUT2D eigenvalue weighted by Crippen LogP contribution is 2.21. The summed E-state index contributed by atoms with van der Waals surface area (Å²) in [6, 6.07) is 0. The van der Waals surface area contributed by atoms with Crippen molar-refractivity contribution in [2.75, 3.05) is 6.54 Å². The van der Waals surface area contributed by atoms with Crippen LogP contribution >= 0.6 is 11.6 Å². The van der Waals surface area contributed by atoms with Crippen LogP contribution in [0.3, 0.4) is 0 Å². The molecule has 0 saturated carbocycles. The minimum absolute atomic E-state index is 0.322. The number of halogens is 1. The van der Waals surface area contributed by atoms with Crippen LogP contribution < -0.4 is 5.32 Å². The number of rotatable bonds is 9. The Kier molecular flexibility index (Phi) is 8.26. The average Bonchev–Trinajstić information content (AvgIpc) is 2.82. The molecule has 0 bridgehead atoms. The Hall–Kier alpha value is -2.08. The minimum atomic E-state index is -0.883. The van der Waals surface area contributed by atoms with E-state index < -0.39 is 12.1 Å². The summed E-state index contributed by atoms with van der Waals surface area (Å²) in [6.07, 6.45) is 5.49. The molecule has 0 fully saturated rings. The summed E-state index contributed by atoms with van der Waals surface area (Å²) in [5, 5.41) is 7.40. The highest BCUT2D eigenvalue weighted by atomic mass is 35.5. The van der Waals surface area contributed by atoms with Gasteiger partial charge in [-0.25, -0.2) is 4.79 Å². The summed E-state index contributed by atoms with van der Waals surface area (Å²) >= 11 is 6.29. The van der Waals surface area contributed by atoms with E-state index >= 15 is 0 Å². The third-order valence-corrected chi connectivity index (χ3v) is 3.70. The number of unbranched alkanes of at least 4 members (excludes halogenated alkanes) is 1. The lowest BCUT2D eigenvalue weighted by atomic mass is 10.2. The van der Waals surface area contributed by atoms with E-state index in [-0.39, 0.29) is 5.91 Å². The van der Waals surface area contributed by atoms with Crippen molar-refractivity contribution < 1.29 is 14.3 Å². The third kappa shape index (κ3) is 5.85. The fourth-order valence-electron chi connectivity index (χ4n) is 1.95. The van der Waals surface area contributed by atoms with Crippen molar-refractivity contribution in [2.45, 2.75) is 46.3 Å². The van der Waals surface area contributed by atoms with Crippen LogP contribution in [-0.2, 0) is 20.9 Å². The number of ether oxygens (including phenoxy) is 1. The molecule has 0 aliphatic heterocycles. The summed E-state index contributed by atoms with van der Waals surface area (Å²) in [5.74, 6) is -0.994. The molecule has 0 aliphatic carbocycles. The number of hydrogen-bond acceptors (Lipinski definition) is 4. The van der Waals surface area contributed by atoms with Gasteiger partial charge in [0.05, 0.1) is 5.69 Å². The van der Waals surface area contributed by atoms with Crippen molar-refractivity contribution in [3.05, 3.63) is 35.1 Å². The first-order valence-electron chi connectivity index (χ1n) is 7.90. The predicted octanol–water partition coefficient (Wildman–Crippen LogP) is 2.89. The number of amides is 1. The van der Waals surface area contributed by atoms with E-state index in [1.54, 1.807) is 16.8 Å². The van der Waals surface area contributed by atoms with Crippen LogP contribution in [0.2, 0.25) is 5.15 Å². The first-order valence-corrected chi connectivity index (χ1v) is 8.28. The molecule has 7 heteroatoms. The van der Waals surface area contributed by atoms with Gasteiger partial charge in [-0.1, -0.05) is 31.0 Å². The molecule has 1 amide bonds. The molecule has 132 valence electrons. The lowest BCUT2D eigenvalue weighted by Gasteiger charge is -2.10. The molecule has 0 radical (unpaired) electrons. The number of carbonyl (C=O) groups is 2. The maximum atomic E-state index is 11.8. The Bertz CT molecular complexity index is 623. The molecule has 0 aromatic carbocycles. The van der Waals surface area contributed by atoms with E-state index in [2.05, 4.69) is 23.9 Å². The monoisotopic (exact) mass is 353 g/mol. The molecule has 0 saturated heterocycles. The smallest absolute Gasteiger partial charge is 0.331 e. The van der Waals surface area contributed by atoms with Crippen LogP contribution in [0.5, 0.6) is 0 Å². The number of hydrogen-bond donors (Lipinski definition) is 1. The molecule has 1 aromatic heterocycles. The number of esters is 1. The number of carbonyl (C=O) groups excluding carboxylic acids is 2. The van der Waals surface area contributed by atoms with Crippen LogP contribution in [0.1, 0.15) is 37.9 Å². The molecular weight excluding hydrogens is 330 g/mol. The average molecular weight is 354 g/mol. The SMILES string of the molecule is C=CCNC(=O)[C@@H](C)OC(=O)/C=C/c1c(C)nn(CCCC)c1Cl. The van der Waals surface area contributed by atoms with Crippen LogP contribution in [0, 0.1) is 6.92 Å². The summed E-state index contributed by atoms with van der Waals surface area (Å²) in [6.45, 7) is 9.97. The second-order valence-electron chi connectivity index (χ2n) is 5.31. The van der Waals surface area contributed by atoms with E-state index in [4.69, 9.17) is 16.3 Å². The van der Waals surface area contributed by atoms with Gasteiger partial charge in [-0.3, -0.25) is 9.48 Å². The van der Waals surface area contributed by atoms with Crippen molar-refractivity contribution in [1.29, 1.82) is 0 Å². The molecule has 0 spiro atoms. The zero-order valence-electron chi connectivity index (χ0n) is 14.3. The molecule has 1 N–H and O–H groups in total. The maximum Gasteiger partial charge on any atom is 0.331 e. The van der Waals surface area contributed by atoms with Gasteiger partial charge in [0.2, 0.25) is 0 Å². The van der Waals surface area contributed by atoms with Gasteiger partial charge < -0.3 is 10.1 Å². The Morgan fingerprint density at radius 3 is 2.83 bits per heavy atom. The van der Waals surface area contributed by atoms with Gasteiger partial charge in [-0.2, -0.15) is 5.10 Å². The van der Waals surface area contributed by atoms with Crippen molar-refractivity contribution in [3.8, 4) is 0 Å². The Balaban J connectivity index is 2.68. The van der Waals surface area contributed by atoms with Crippen LogP contribution in [-0.4, -0.2) is 34.3 Å². The standard InChI is InChI=1S/C17H24ClN3O3/c1-5-7-11-21-16(18)14(12(3)20-21)8-9-15(22)24-13(4)17(23)19-10-6-2/h6,8-9,13H,2,5,7,10-11H2,1,3-4H3,(H,19,23)/b9-8+/t13-/m1/s1. The fourth-order valence-corrected chi connectivity index (χ4v) is 2.27. The zero-order valence-corrected chi connectivity index (χ0v) is 15.1. The van der Waals surface area contributed by atoms with Gasteiger partial charge in [-0.15, -0.1) is 6.58 Å². The molecule has 1 heterocycles. The Morgan fingerprint density at radius 2 is 2.21 bits per heavy atom. The molecule has 0 aliphatic rings. The van der Waals surface area contributed by atoms with E-state index in [0.29, 0.717) is 17.3 Å². The summed E-state index contributed by atoms with van der Waals surface area (Å²) in [7, 11) is 0. The van der Waals surface area contributed by atoms with E-state index in [0.717, 1.165) is 25.1 Å². The minimum Gasteiger partial charge on any atom is -0.449 e. The van der Waals surface area contributed by atoms with E-state index in [1.807, 2.05) is 6.92 Å². The van der Waals surface area contributed by atoms with Crippen LogP contribution in [0.15, 0.2) is 18.7 Å². The molecular formula is C17H24ClN3O3.